The molecule has 0 aromatic carbocycles. The molecule has 0 bridgehead atoms. The summed E-state index contributed by atoms with van der Waals surface area (Å²) in [7, 11) is 0. The third-order valence-electron chi connectivity index (χ3n) is 4.76. The maximum Gasteiger partial charge on any atom is 0.129 e. The molecule has 5 nitrogen and oxygen atoms in total. The van der Waals surface area contributed by atoms with E-state index >= 15 is 0 Å². The van der Waals surface area contributed by atoms with Gasteiger partial charge in [0.2, 0.25) is 0 Å². The van der Waals surface area contributed by atoms with Crippen LogP contribution in [0.3, 0.4) is 0 Å². The van der Waals surface area contributed by atoms with Crippen molar-refractivity contribution in [2.24, 2.45) is 0 Å². The number of imidazole rings is 1. The van der Waals surface area contributed by atoms with E-state index in [0.29, 0.717) is 5.92 Å². The molecule has 1 aliphatic rings. The van der Waals surface area contributed by atoms with Gasteiger partial charge in [0, 0.05) is 42.5 Å². The zero-order valence-corrected chi connectivity index (χ0v) is 15.5. The number of thiazole rings is 1. The van der Waals surface area contributed by atoms with Crippen molar-refractivity contribution < 1.29 is 0 Å². The predicted octanol–water partition coefficient (Wildman–Crippen LogP) is 3.78. The number of anilines is 1. The van der Waals surface area contributed by atoms with Gasteiger partial charge in [0.25, 0.3) is 0 Å². The Balaban J connectivity index is 1.55. The maximum atomic E-state index is 4.75. The summed E-state index contributed by atoms with van der Waals surface area (Å²) in [6.07, 6.45) is 6.33. The van der Waals surface area contributed by atoms with Gasteiger partial charge in [-0.25, -0.2) is 15.0 Å². The Morgan fingerprint density at radius 2 is 2.16 bits per heavy atom. The molecule has 1 fully saturated rings. The Morgan fingerprint density at radius 1 is 1.24 bits per heavy atom. The molecule has 0 aliphatic carbocycles. The topological polar surface area (TPSA) is 46.8 Å². The van der Waals surface area contributed by atoms with E-state index in [1.54, 1.807) is 11.3 Å². The van der Waals surface area contributed by atoms with Gasteiger partial charge in [0.05, 0.1) is 17.7 Å². The number of pyridine rings is 1. The summed E-state index contributed by atoms with van der Waals surface area (Å²) in [5, 5.41) is 2.11. The Morgan fingerprint density at radius 3 is 2.96 bits per heavy atom. The Hall–Kier alpha value is -2.21. The van der Waals surface area contributed by atoms with Crippen LogP contribution in [0.15, 0.2) is 35.4 Å². The SMILES string of the molecule is Cc1cc(C)nc(N2CCC[C@H](c3nccn3Cc3cscn3)C2)c1. The Kier molecular flexibility index (Phi) is 4.53. The second-order valence-corrected chi connectivity index (χ2v) is 7.54. The summed E-state index contributed by atoms with van der Waals surface area (Å²) in [5.74, 6) is 2.70. The van der Waals surface area contributed by atoms with Crippen LogP contribution in [0.2, 0.25) is 0 Å². The largest absolute Gasteiger partial charge is 0.356 e. The van der Waals surface area contributed by atoms with Gasteiger partial charge in [0.15, 0.2) is 0 Å². The molecule has 0 radical (unpaired) electrons. The van der Waals surface area contributed by atoms with Crippen molar-refractivity contribution in [1.29, 1.82) is 0 Å². The van der Waals surface area contributed by atoms with Crippen LogP contribution in [-0.2, 0) is 6.54 Å². The number of hydrogen-bond acceptors (Lipinski definition) is 5. The van der Waals surface area contributed by atoms with Gasteiger partial charge < -0.3 is 9.47 Å². The molecule has 1 atom stereocenters. The molecular formula is C19H23N5S. The average molecular weight is 353 g/mol. The van der Waals surface area contributed by atoms with Gasteiger partial charge >= 0.3 is 0 Å². The molecule has 0 saturated carbocycles. The van der Waals surface area contributed by atoms with Crippen LogP contribution in [0.1, 0.15) is 41.5 Å². The highest BCUT2D eigenvalue weighted by atomic mass is 32.1. The zero-order chi connectivity index (χ0) is 17.2. The van der Waals surface area contributed by atoms with Gasteiger partial charge in [0.1, 0.15) is 11.6 Å². The van der Waals surface area contributed by atoms with E-state index in [1.165, 1.54) is 24.2 Å². The third-order valence-corrected chi connectivity index (χ3v) is 5.39. The second kappa shape index (κ2) is 6.96. The van der Waals surface area contributed by atoms with Crippen LogP contribution in [0.5, 0.6) is 0 Å². The lowest BCUT2D eigenvalue weighted by molar-refractivity contribution is 0.473. The van der Waals surface area contributed by atoms with E-state index in [-0.39, 0.29) is 0 Å². The van der Waals surface area contributed by atoms with Crippen LogP contribution < -0.4 is 4.90 Å². The monoisotopic (exact) mass is 353 g/mol. The molecule has 130 valence electrons. The Labute approximate surface area is 152 Å². The lowest BCUT2D eigenvalue weighted by Gasteiger charge is -2.33. The van der Waals surface area contributed by atoms with Crippen molar-refractivity contribution in [3.05, 3.63) is 58.2 Å². The molecule has 1 aliphatic heterocycles. The quantitative estimate of drug-likeness (QED) is 0.716. The van der Waals surface area contributed by atoms with E-state index in [4.69, 9.17) is 4.98 Å². The molecule has 0 amide bonds. The molecule has 4 heterocycles. The van der Waals surface area contributed by atoms with Crippen molar-refractivity contribution in [3.63, 3.8) is 0 Å². The van der Waals surface area contributed by atoms with E-state index in [9.17, 15) is 0 Å². The van der Waals surface area contributed by atoms with Crippen LogP contribution in [0, 0.1) is 13.8 Å². The molecule has 0 spiro atoms. The smallest absolute Gasteiger partial charge is 0.129 e. The molecule has 1 saturated heterocycles. The average Bonchev–Trinajstić information content (AvgIpc) is 3.26. The van der Waals surface area contributed by atoms with Crippen LogP contribution in [0.4, 0.5) is 5.82 Å². The van der Waals surface area contributed by atoms with E-state index in [1.807, 2.05) is 11.7 Å². The van der Waals surface area contributed by atoms with Gasteiger partial charge in [-0.3, -0.25) is 0 Å². The van der Waals surface area contributed by atoms with Crippen molar-refractivity contribution in [2.45, 2.75) is 39.2 Å². The number of hydrogen-bond donors (Lipinski definition) is 0. The molecule has 3 aromatic rings. The van der Waals surface area contributed by atoms with Crippen LogP contribution in [0.25, 0.3) is 0 Å². The fourth-order valence-corrected chi connectivity index (χ4v) is 4.23. The molecular weight excluding hydrogens is 330 g/mol. The minimum absolute atomic E-state index is 0.435. The summed E-state index contributed by atoms with van der Waals surface area (Å²) in [6.45, 7) is 7.05. The van der Waals surface area contributed by atoms with Gasteiger partial charge in [-0.1, -0.05) is 0 Å². The first-order valence-electron chi connectivity index (χ1n) is 8.77. The van der Waals surface area contributed by atoms with E-state index in [2.05, 4.69) is 57.0 Å². The van der Waals surface area contributed by atoms with Crippen molar-refractivity contribution in [3.8, 4) is 0 Å². The minimum Gasteiger partial charge on any atom is -0.356 e. The van der Waals surface area contributed by atoms with Gasteiger partial charge in [-0.2, -0.15) is 0 Å². The lowest BCUT2D eigenvalue weighted by atomic mass is 9.97. The standard InChI is InChI=1S/C19H23N5S/c1-14-8-15(2)22-18(9-14)23-6-3-4-16(10-23)19-20-5-7-24(19)11-17-12-25-13-21-17/h5,7-9,12-13,16H,3-4,6,10-11H2,1-2H3/t16-/m0/s1. The first-order chi connectivity index (χ1) is 12.2. The highest BCUT2D eigenvalue weighted by molar-refractivity contribution is 7.07. The van der Waals surface area contributed by atoms with Gasteiger partial charge in [-0.05, 0) is 44.4 Å². The highest BCUT2D eigenvalue weighted by Gasteiger charge is 2.25. The molecule has 25 heavy (non-hydrogen) atoms. The maximum absolute atomic E-state index is 4.75. The summed E-state index contributed by atoms with van der Waals surface area (Å²) >= 11 is 1.64. The van der Waals surface area contributed by atoms with Crippen molar-refractivity contribution >= 4 is 17.2 Å². The molecule has 0 unspecified atom stereocenters. The molecule has 0 N–H and O–H groups in total. The second-order valence-electron chi connectivity index (χ2n) is 6.82. The normalized spacial score (nSPS) is 17.8. The minimum atomic E-state index is 0.435. The Bertz CT molecular complexity index is 819. The van der Waals surface area contributed by atoms with Gasteiger partial charge in [-0.15, -0.1) is 11.3 Å². The van der Waals surface area contributed by atoms with E-state index < -0.39 is 0 Å². The van der Waals surface area contributed by atoms with Crippen molar-refractivity contribution in [2.75, 3.05) is 18.0 Å². The summed E-state index contributed by atoms with van der Waals surface area (Å²) in [6, 6.07) is 4.32. The summed E-state index contributed by atoms with van der Waals surface area (Å²) in [4.78, 5) is 16.2. The fraction of sp³-hybridized carbons (Fsp3) is 0.421. The summed E-state index contributed by atoms with van der Waals surface area (Å²) < 4.78 is 2.25. The van der Waals surface area contributed by atoms with Crippen LogP contribution in [-0.4, -0.2) is 32.6 Å². The van der Waals surface area contributed by atoms with Crippen molar-refractivity contribution in [1.82, 2.24) is 19.5 Å². The summed E-state index contributed by atoms with van der Waals surface area (Å²) in [5.41, 5.74) is 5.35. The van der Waals surface area contributed by atoms with Crippen LogP contribution >= 0.6 is 11.3 Å². The first-order valence-corrected chi connectivity index (χ1v) is 9.71. The number of piperidine rings is 1. The van der Waals surface area contributed by atoms with E-state index in [0.717, 1.165) is 36.8 Å². The lowest BCUT2D eigenvalue weighted by Crippen LogP contribution is -2.36. The third kappa shape index (κ3) is 3.58. The number of aromatic nitrogens is 4. The number of rotatable bonds is 4. The molecule has 6 heteroatoms. The highest BCUT2D eigenvalue weighted by Crippen LogP contribution is 2.29. The predicted molar refractivity (Wildman–Crippen MR) is 101 cm³/mol. The zero-order valence-electron chi connectivity index (χ0n) is 14.7. The molecule has 3 aromatic heterocycles. The fourth-order valence-electron chi connectivity index (χ4n) is 3.68. The number of nitrogens with zero attached hydrogens (tertiary/aromatic N) is 5. The molecule has 4 rings (SSSR count). The number of aryl methyl sites for hydroxylation is 2. The first kappa shape index (κ1) is 16.3.